The van der Waals surface area contributed by atoms with Gasteiger partial charge in [-0.3, -0.25) is 4.79 Å². The molecule has 0 saturated heterocycles. The Kier molecular flexibility index (Phi) is 7.18. The molecule has 1 N–H and O–H groups in total. The standard InChI is InChI=1S/C24H22N2O3/c1-28-23-16-21(12-14-22(23)29-18-20-10-6-3-7-11-20)17-25-26-24(27)15-13-19-8-4-2-5-9-19/h2-17H,18H2,1H3,(H,26,27)/b15-13+,25-17+. The smallest absolute Gasteiger partial charge is 0.264 e. The molecule has 0 spiro atoms. The zero-order chi connectivity index (χ0) is 20.3. The summed E-state index contributed by atoms with van der Waals surface area (Å²) in [6.45, 7) is 0.453. The van der Waals surface area contributed by atoms with E-state index in [1.807, 2.05) is 72.8 Å². The van der Waals surface area contributed by atoms with Crippen molar-refractivity contribution >= 4 is 18.2 Å². The monoisotopic (exact) mass is 386 g/mol. The molecule has 5 nitrogen and oxygen atoms in total. The van der Waals surface area contributed by atoms with E-state index in [4.69, 9.17) is 9.47 Å². The van der Waals surface area contributed by atoms with Crippen LogP contribution in [0.15, 0.2) is 90.0 Å². The van der Waals surface area contributed by atoms with Gasteiger partial charge in [0.25, 0.3) is 5.91 Å². The maximum atomic E-state index is 11.8. The van der Waals surface area contributed by atoms with Crippen molar-refractivity contribution in [1.82, 2.24) is 5.43 Å². The zero-order valence-electron chi connectivity index (χ0n) is 16.1. The number of amides is 1. The minimum Gasteiger partial charge on any atom is -0.493 e. The molecule has 29 heavy (non-hydrogen) atoms. The quantitative estimate of drug-likeness (QED) is 0.354. The second kappa shape index (κ2) is 10.5. The molecule has 0 aliphatic rings. The molecule has 0 saturated carbocycles. The summed E-state index contributed by atoms with van der Waals surface area (Å²) in [5, 5.41) is 3.98. The third kappa shape index (κ3) is 6.36. The summed E-state index contributed by atoms with van der Waals surface area (Å²) in [4.78, 5) is 11.8. The lowest BCUT2D eigenvalue weighted by molar-refractivity contribution is -0.116. The highest BCUT2D eigenvalue weighted by molar-refractivity contribution is 5.92. The number of rotatable bonds is 8. The van der Waals surface area contributed by atoms with Gasteiger partial charge in [0, 0.05) is 6.08 Å². The van der Waals surface area contributed by atoms with Gasteiger partial charge in [-0.15, -0.1) is 0 Å². The van der Waals surface area contributed by atoms with Crippen molar-refractivity contribution in [2.75, 3.05) is 7.11 Å². The van der Waals surface area contributed by atoms with Gasteiger partial charge in [-0.05, 0) is 41.0 Å². The summed E-state index contributed by atoms with van der Waals surface area (Å²) in [6, 6.07) is 25.0. The number of benzene rings is 3. The Morgan fingerprint density at radius 1 is 0.931 bits per heavy atom. The van der Waals surface area contributed by atoms with Crippen LogP contribution in [0.1, 0.15) is 16.7 Å². The van der Waals surface area contributed by atoms with Gasteiger partial charge in [0.1, 0.15) is 6.61 Å². The number of nitrogens with zero attached hydrogens (tertiary/aromatic N) is 1. The average molecular weight is 386 g/mol. The van der Waals surface area contributed by atoms with Gasteiger partial charge in [-0.1, -0.05) is 60.7 Å². The van der Waals surface area contributed by atoms with Gasteiger partial charge in [0.05, 0.1) is 13.3 Å². The van der Waals surface area contributed by atoms with Crippen molar-refractivity contribution in [2.24, 2.45) is 5.10 Å². The Balaban J connectivity index is 1.56. The van der Waals surface area contributed by atoms with Crippen molar-refractivity contribution in [2.45, 2.75) is 6.61 Å². The Labute approximate surface area is 170 Å². The van der Waals surface area contributed by atoms with E-state index >= 15 is 0 Å². The summed E-state index contributed by atoms with van der Waals surface area (Å²) < 4.78 is 11.2. The Hall–Kier alpha value is -3.86. The first-order valence-corrected chi connectivity index (χ1v) is 9.15. The number of carbonyl (C=O) groups excluding carboxylic acids is 1. The molecule has 0 bridgehead atoms. The summed E-state index contributed by atoms with van der Waals surface area (Å²) in [5.74, 6) is 0.934. The number of hydrogen-bond acceptors (Lipinski definition) is 4. The van der Waals surface area contributed by atoms with Gasteiger partial charge in [-0.25, -0.2) is 5.43 Å². The SMILES string of the molecule is COc1cc(/C=N/NC(=O)/C=C/c2ccccc2)ccc1OCc1ccccc1. The average Bonchev–Trinajstić information content (AvgIpc) is 2.78. The first kappa shape index (κ1) is 19.9. The number of nitrogens with one attached hydrogen (secondary N) is 1. The van der Waals surface area contributed by atoms with E-state index in [0.717, 1.165) is 16.7 Å². The maximum Gasteiger partial charge on any atom is 0.264 e. The number of ether oxygens (including phenoxy) is 2. The van der Waals surface area contributed by atoms with Crippen molar-refractivity contribution in [3.63, 3.8) is 0 Å². The fourth-order valence-electron chi connectivity index (χ4n) is 2.56. The van der Waals surface area contributed by atoms with Crippen LogP contribution in [0.4, 0.5) is 0 Å². The first-order chi connectivity index (χ1) is 14.2. The summed E-state index contributed by atoms with van der Waals surface area (Å²) in [7, 11) is 1.59. The normalized spacial score (nSPS) is 10.9. The lowest BCUT2D eigenvalue weighted by Crippen LogP contribution is -2.14. The number of methoxy groups -OCH3 is 1. The molecular weight excluding hydrogens is 364 g/mol. The second-order valence-electron chi connectivity index (χ2n) is 6.16. The third-order valence-electron chi connectivity index (χ3n) is 4.04. The lowest BCUT2D eigenvalue weighted by Gasteiger charge is -2.11. The topological polar surface area (TPSA) is 59.9 Å². The number of hydrogen-bond donors (Lipinski definition) is 1. The van der Waals surface area contributed by atoms with Crippen LogP contribution >= 0.6 is 0 Å². The van der Waals surface area contributed by atoms with E-state index in [0.29, 0.717) is 18.1 Å². The summed E-state index contributed by atoms with van der Waals surface area (Å²) in [6.07, 6.45) is 4.72. The second-order valence-corrected chi connectivity index (χ2v) is 6.16. The molecule has 0 aliphatic carbocycles. The van der Waals surface area contributed by atoms with Crippen LogP contribution in [0.5, 0.6) is 11.5 Å². The lowest BCUT2D eigenvalue weighted by atomic mass is 10.2. The van der Waals surface area contributed by atoms with Crippen molar-refractivity contribution in [3.8, 4) is 11.5 Å². The fraction of sp³-hybridized carbons (Fsp3) is 0.0833. The van der Waals surface area contributed by atoms with Gasteiger partial charge in [-0.2, -0.15) is 5.10 Å². The largest absolute Gasteiger partial charge is 0.493 e. The van der Waals surface area contributed by atoms with E-state index in [2.05, 4.69) is 10.5 Å². The van der Waals surface area contributed by atoms with Crippen molar-refractivity contribution in [1.29, 1.82) is 0 Å². The highest BCUT2D eigenvalue weighted by atomic mass is 16.5. The van der Waals surface area contributed by atoms with Crippen LogP contribution < -0.4 is 14.9 Å². The number of carbonyl (C=O) groups is 1. The van der Waals surface area contributed by atoms with Crippen molar-refractivity contribution < 1.29 is 14.3 Å². The van der Waals surface area contributed by atoms with E-state index < -0.39 is 0 Å². The molecule has 0 aliphatic heterocycles. The highest BCUT2D eigenvalue weighted by Gasteiger charge is 2.05. The molecule has 0 unspecified atom stereocenters. The molecule has 3 rings (SSSR count). The van der Waals surface area contributed by atoms with Gasteiger partial charge in [0.2, 0.25) is 0 Å². The van der Waals surface area contributed by atoms with Crippen LogP contribution in [0.2, 0.25) is 0 Å². The van der Waals surface area contributed by atoms with Gasteiger partial charge in [0.15, 0.2) is 11.5 Å². The van der Waals surface area contributed by atoms with Crippen LogP contribution in [0, 0.1) is 0 Å². The predicted octanol–water partition coefficient (Wildman–Crippen LogP) is 4.44. The van der Waals surface area contributed by atoms with Crippen LogP contribution in [0.25, 0.3) is 6.08 Å². The molecule has 0 heterocycles. The fourth-order valence-corrected chi connectivity index (χ4v) is 2.56. The molecule has 146 valence electrons. The van der Waals surface area contributed by atoms with Gasteiger partial charge < -0.3 is 9.47 Å². The summed E-state index contributed by atoms with van der Waals surface area (Å²) in [5.41, 5.74) is 5.27. The minimum atomic E-state index is -0.306. The molecule has 0 atom stereocenters. The molecule has 0 fully saturated rings. The van der Waals surface area contributed by atoms with E-state index in [-0.39, 0.29) is 5.91 Å². The Morgan fingerprint density at radius 2 is 1.66 bits per heavy atom. The molecule has 0 radical (unpaired) electrons. The predicted molar refractivity (Wildman–Crippen MR) is 115 cm³/mol. The van der Waals surface area contributed by atoms with Crippen LogP contribution in [-0.2, 0) is 11.4 Å². The zero-order valence-corrected chi connectivity index (χ0v) is 16.1. The summed E-state index contributed by atoms with van der Waals surface area (Å²) >= 11 is 0. The highest BCUT2D eigenvalue weighted by Crippen LogP contribution is 2.28. The molecule has 1 amide bonds. The van der Waals surface area contributed by atoms with Gasteiger partial charge >= 0.3 is 0 Å². The Morgan fingerprint density at radius 3 is 2.38 bits per heavy atom. The molecule has 3 aromatic rings. The number of hydrazone groups is 1. The van der Waals surface area contributed by atoms with E-state index in [9.17, 15) is 4.79 Å². The van der Waals surface area contributed by atoms with Crippen LogP contribution in [-0.4, -0.2) is 19.2 Å². The molecule has 5 heteroatoms. The Bertz CT molecular complexity index is 984. The van der Waals surface area contributed by atoms with E-state index in [1.54, 1.807) is 25.5 Å². The minimum absolute atomic E-state index is 0.306. The van der Waals surface area contributed by atoms with E-state index in [1.165, 1.54) is 6.08 Å². The maximum absolute atomic E-state index is 11.8. The molecular formula is C24H22N2O3. The molecule has 0 aromatic heterocycles. The van der Waals surface area contributed by atoms with Crippen molar-refractivity contribution in [3.05, 3.63) is 102 Å². The first-order valence-electron chi connectivity index (χ1n) is 9.15. The molecule has 3 aromatic carbocycles. The third-order valence-corrected chi connectivity index (χ3v) is 4.04. The van der Waals surface area contributed by atoms with Crippen LogP contribution in [0.3, 0.4) is 0 Å².